The SMILES string of the molecule is Cc1cccn2c(NC3CCCCC3)c(-c3ccc(C#Cc4ccccc4)nc3)nc12. The average molecular weight is 407 g/mol. The van der Waals surface area contributed by atoms with Gasteiger partial charge in [0.15, 0.2) is 0 Å². The molecule has 0 unspecified atom stereocenters. The molecule has 4 nitrogen and oxygen atoms in total. The van der Waals surface area contributed by atoms with E-state index in [9.17, 15) is 0 Å². The van der Waals surface area contributed by atoms with Crippen LogP contribution in [-0.4, -0.2) is 20.4 Å². The van der Waals surface area contributed by atoms with Crippen LogP contribution >= 0.6 is 0 Å². The van der Waals surface area contributed by atoms with E-state index in [2.05, 4.69) is 57.9 Å². The number of imidazole rings is 1. The smallest absolute Gasteiger partial charge is 0.142 e. The van der Waals surface area contributed by atoms with Gasteiger partial charge in [0.25, 0.3) is 0 Å². The third-order valence-corrected chi connectivity index (χ3v) is 5.94. The first-order chi connectivity index (χ1) is 15.3. The van der Waals surface area contributed by atoms with Gasteiger partial charge in [-0.1, -0.05) is 49.4 Å². The Labute approximate surface area is 183 Å². The summed E-state index contributed by atoms with van der Waals surface area (Å²) in [7, 11) is 0. The molecule has 3 heterocycles. The van der Waals surface area contributed by atoms with Crippen LogP contribution in [0.2, 0.25) is 0 Å². The van der Waals surface area contributed by atoms with Crippen molar-refractivity contribution in [1.29, 1.82) is 0 Å². The molecule has 1 aliphatic rings. The molecule has 0 atom stereocenters. The first-order valence-electron chi connectivity index (χ1n) is 11.1. The molecule has 154 valence electrons. The van der Waals surface area contributed by atoms with Gasteiger partial charge in [0.2, 0.25) is 0 Å². The summed E-state index contributed by atoms with van der Waals surface area (Å²) in [4.78, 5) is 9.60. The van der Waals surface area contributed by atoms with E-state index in [0.717, 1.165) is 34.0 Å². The lowest BCUT2D eigenvalue weighted by molar-refractivity contribution is 0.462. The molecule has 1 N–H and O–H groups in total. The van der Waals surface area contributed by atoms with Gasteiger partial charge in [-0.05, 0) is 61.6 Å². The molecular formula is C27H26N4. The number of rotatable bonds is 3. The molecule has 1 fully saturated rings. The minimum atomic E-state index is 0.497. The van der Waals surface area contributed by atoms with Crippen molar-refractivity contribution in [3.63, 3.8) is 0 Å². The summed E-state index contributed by atoms with van der Waals surface area (Å²) in [6.45, 7) is 2.11. The zero-order valence-corrected chi connectivity index (χ0v) is 17.8. The lowest BCUT2D eigenvalue weighted by Crippen LogP contribution is -2.23. The summed E-state index contributed by atoms with van der Waals surface area (Å²) in [5.74, 6) is 7.39. The second kappa shape index (κ2) is 8.65. The van der Waals surface area contributed by atoms with Gasteiger partial charge < -0.3 is 5.32 Å². The molecule has 1 saturated carbocycles. The van der Waals surface area contributed by atoms with Crippen molar-refractivity contribution in [2.24, 2.45) is 0 Å². The Kier molecular flexibility index (Phi) is 5.41. The van der Waals surface area contributed by atoms with Gasteiger partial charge in [-0.2, -0.15) is 0 Å². The maximum Gasteiger partial charge on any atom is 0.142 e. The Bertz CT molecular complexity index is 1240. The molecular weight excluding hydrogens is 380 g/mol. The van der Waals surface area contributed by atoms with Crippen molar-refractivity contribution in [2.45, 2.75) is 45.1 Å². The summed E-state index contributed by atoms with van der Waals surface area (Å²) >= 11 is 0. The van der Waals surface area contributed by atoms with Gasteiger partial charge in [0.1, 0.15) is 22.9 Å². The van der Waals surface area contributed by atoms with E-state index in [1.54, 1.807) is 0 Å². The Hall–Kier alpha value is -3.58. The maximum atomic E-state index is 5.00. The van der Waals surface area contributed by atoms with Gasteiger partial charge in [0.05, 0.1) is 0 Å². The largest absolute Gasteiger partial charge is 0.367 e. The molecule has 4 aromatic rings. The van der Waals surface area contributed by atoms with E-state index in [1.807, 2.05) is 42.6 Å². The molecule has 0 saturated heterocycles. The third-order valence-electron chi connectivity index (χ3n) is 5.94. The molecule has 3 aromatic heterocycles. The lowest BCUT2D eigenvalue weighted by Gasteiger charge is -2.24. The van der Waals surface area contributed by atoms with Crippen LogP contribution < -0.4 is 5.32 Å². The zero-order valence-electron chi connectivity index (χ0n) is 17.8. The summed E-state index contributed by atoms with van der Waals surface area (Å²) < 4.78 is 2.18. The topological polar surface area (TPSA) is 42.2 Å². The predicted octanol–water partition coefficient (Wildman–Crippen LogP) is 5.85. The van der Waals surface area contributed by atoms with Crippen molar-refractivity contribution >= 4 is 11.5 Å². The first-order valence-corrected chi connectivity index (χ1v) is 11.1. The van der Waals surface area contributed by atoms with Crippen LogP contribution in [0.25, 0.3) is 16.9 Å². The third kappa shape index (κ3) is 4.18. The molecule has 1 aliphatic carbocycles. The van der Waals surface area contributed by atoms with Crippen LogP contribution in [0.5, 0.6) is 0 Å². The molecule has 4 heteroatoms. The van der Waals surface area contributed by atoms with E-state index in [-0.39, 0.29) is 0 Å². The molecule has 0 spiro atoms. The number of hydrogen-bond acceptors (Lipinski definition) is 3. The second-order valence-electron chi connectivity index (χ2n) is 8.22. The fourth-order valence-electron chi connectivity index (χ4n) is 4.25. The van der Waals surface area contributed by atoms with Crippen molar-refractivity contribution in [2.75, 3.05) is 5.32 Å². The van der Waals surface area contributed by atoms with Crippen molar-refractivity contribution in [3.05, 3.63) is 83.8 Å². The quantitative estimate of drug-likeness (QED) is 0.434. The van der Waals surface area contributed by atoms with Crippen molar-refractivity contribution in [1.82, 2.24) is 14.4 Å². The number of benzene rings is 1. The zero-order chi connectivity index (χ0) is 21.0. The summed E-state index contributed by atoms with van der Waals surface area (Å²) in [6.07, 6.45) is 10.3. The van der Waals surface area contributed by atoms with E-state index >= 15 is 0 Å². The summed E-state index contributed by atoms with van der Waals surface area (Å²) in [5, 5.41) is 3.80. The van der Waals surface area contributed by atoms with Crippen molar-refractivity contribution in [3.8, 4) is 23.1 Å². The first kappa shape index (κ1) is 19.4. The Morgan fingerprint density at radius 2 is 1.77 bits per heavy atom. The standard InChI is InChI=1S/C27H26N4/c1-20-9-8-18-31-26(20)30-25(27(31)29-24-12-6-3-7-13-24)22-15-17-23(28-19-22)16-14-21-10-4-2-5-11-21/h2,4-5,8-11,15,17-19,24,29H,3,6-7,12-13H2,1H3. The number of fused-ring (bicyclic) bond motifs is 1. The van der Waals surface area contributed by atoms with Crippen LogP contribution in [0.3, 0.4) is 0 Å². The fraction of sp³-hybridized carbons (Fsp3) is 0.259. The normalized spacial score (nSPS) is 14.2. The van der Waals surface area contributed by atoms with Gasteiger partial charge in [-0.3, -0.25) is 4.40 Å². The minimum Gasteiger partial charge on any atom is -0.367 e. The number of hydrogen-bond donors (Lipinski definition) is 1. The minimum absolute atomic E-state index is 0.497. The highest BCUT2D eigenvalue weighted by Crippen LogP contribution is 2.32. The lowest BCUT2D eigenvalue weighted by atomic mass is 9.95. The van der Waals surface area contributed by atoms with E-state index in [0.29, 0.717) is 6.04 Å². The molecule has 0 aliphatic heterocycles. The monoisotopic (exact) mass is 406 g/mol. The number of aromatic nitrogens is 3. The van der Waals surface area contributed by atoms with E-state index < -0.39 is 0 Å². The number of pyridine rings is 2. The molecule has 0 amide bonds. The Morgan fingerprint density at radius 3 is 2.55 bits per heavy atom. The van der Waals surface area contributed by atoms with Gasteiger partial charge >= 0.3 is 0 Å². The number of aryl methyl sites for hydroxylation is 1. The summed E-state index contributed by atoms with van der Waals surface area (Å²) in [5.41, 5.74) is 5.86. The Morgan fingerprint density at radius 1 is 0.935 bits per heavy atom. The van der Waals surface area contributed by atoms with E-state index in [4.69, 9.17) is 4.98 Å². The predicted molar refractivity (Wildman–Crippen MR) is 126 cm³/mol. The van der Waals surface area contributed by atoms with Gasteiger partial charge in [-0.15, -0.1) is 0 Å². The fourth-order valence-corrected chi connectivity index (χ4v) is 4.25. The highest BCUT2D eigenvalue weighted by atomic mass is 15.1. The van der Waals surface area contributed by atoms with Gasteiger partial charge in [-0.25, -0.2) is 9.97 Å². The molecule has 0 radical (unpaired) electrons. The highest BCUT2D eigenvalue weighted by Gasteiger charge is 2.20. The molecule has 5 rings (SSSR count). The van der Waals surface area contributed by atoms with Crippen LogP contribution in [-0.2, 0) is 0 Å². The maximum absolute atomic E-state index is 5.00. The average Bonchev–Trinajstić information content (AvgIpc) is 3.19. The van der Waals surface area contributed by atoms with Crippen molar-refractivity contribution < 1.29 is 0 Å². The van der Waals surface area contributed by atoms with Gasteiger partial charge in [0, 0.05) is 29.6 Å². The second-order valence-corrected chi connectivity index (χ2v) is 8.22. The molecule has 1 aromatic carbocycles. The van der Waals surface area contributed by atoms with E-state index in [1.165, 1.54) is 37.7 Å². The van der Waals surface area contributed by atoms with Crippen LogP contribution in [0.1, 0.15) is 48.9 Å². The Balaban J connectivity index is 1.49. The van der Waals surface area contributed by atoms with Crippen LogP contribution in [0, 0.1) is 18.8 Å². The van der Waals surface area contributed by atoms with Crippen LogP contribution in [0.15, 0.2) is 67.0 Å². The summed E-state index contributed by atoms with van der Waals surface area (Å²) in [6, 6.07) is 18.7. The number of anilines is 1. The van der Waals surface area contributed by atoms with Crippen LogP contribution in [0.4, 0.5) is 5.82 Å². The molecule has 0 bridgehead atoms. The highest BCUT2D eigenvalue weighted by molar-refractivity contribution is 5.77. The number of nitrogens with zero attached hydrogens (tertiary/aromatic N) is 3. The molecule has 31 heavy (non-hydrogen) atoms. The number of nitrogens with one attached hydrogen (secondary N) is 1.